The largest absolute Gasteiger partial charge is 0.372 e. The summed E-state index contributed by atoms with van der Waals surface area (Å²) in [7, 11) is 0. The number of benzene rings is 1. The van der Waals surface area contributed by atoms with Crippen molar-refractivity contribution in [3.8, 4) is 0 Å². The number of halogens is 2. The van der Waals surface area contributed by atoms with Crippen molar-refractivity contribution < 1.29 is 9.53 Å². The first kappa shape index (κ1) is 18.2. The van der Waals surface area contributed by atoms with E-state index in [1.54, 1.807) is 0 Å². The molecule has 1 aromatic carbocycles. The average Bonchev–Trinajstić information content (AvgIpc) is 2.65. The minimum absolute atomic E-state index is 0. The smallest absolute Gasteiger partial charge is 0.216 e. The molecule has 0 spiro atoms. The van der Waals surface area contributed by atoms with Crippen LogP contribution in [0.3, 0.4) is 0 Å². The molecule has 4 nitrogen and oxygen atoms in total. The maximum absolute atomic E-state index is 11.1. The Morgan fingerprint density at radius 3 is 2.95 bits per heavy atom. The monoisotopic (exact) mass is 332 g/mol. The van der Waals surface area contributed by atoms with Gasteiger partial charge in [0.25, 0.3) is 0 Å². The molecule has 0 aliphatic carbocycles. The fourth-order valence-electron chi connectivity index (χ4n) is 2.40. The van der Waals surface area contributed by atoms with E-state index >= 15 is 0 Å². The Kier molecular flexibility index (Phi) is 7.46. The van der Waals surface area contributed by atoms with Gasteiger partial charge in [-0.3, -0.25) is 4.79 Å². The lowest BCUT2D eigenvalue weighted by molar-refractivity contribution is -0.119. The first-order valence-electron chi connectivity index (χ1n) is 6.90. The maximum atomic E-state index is 11.1. The van der Waals surface area contributed by atoms with E-state index in [2.05, 4.69) is 16.7 Å². The highest BCUT2D eigenvalue weighted by molar-refractivity contribution is 6.31. The van der Waals surface area contributed by atoms with Crippen LogP contribution in [-0.2, 0) is 9.53 Å². The highest BCUT2D eigenvalue weighted by Crippen LogP contribution is 2.30. The molecule has 2 atom stereocenters. The Labute approximate surface area is 137 Å². The molecule has 0 bridgehead atoms. The molecule has 1 saturated heterocycles. The van der Waals surface area contributed by atoms with Gasteiger partial charge in [-0.25, -0.2) is 0 Å². The van der Waals surface area contributed by atoms with Crippen molar-refractivity contribution in [2.75, 3.05) is 26.2 Å². The van der Waals surface area contributed by atoms with Gasteiger partial charge >= 0.3 is 0 Å². The van der Waals surface area contributed by atoms with Gasteiger partial charge in [0.1, 0.15) is 0 Å². The molecule has 2 rings (SSSR count). The fraction of sp³-hybridized carbons (Fsp3) is 0.533. The second-order valence-corrected chi connectivity index (χ2v) is 5.61. The van der Waals surface area contributed by atoms with Gasteiger partial charge in [-0.2, -0.15) is 0 Å². The molecular weight excluding hydrogens is 311 g/mol. The van der Waals surface area contributed by atoms with E-state index in [0.717, 1.165) is 29.2 Å². The number of rotatable bonds is 3. The summed E-state index contributed by atoms with van der Waals surface area (Å²) in [6, 6.07) is 6.03. The molecule has 0 aromatic heterocycles. The predicted octanol–water partition coefficient (Wildman–Crippen LogP) is 2.48. The molecule has 6 heteroatoms. The lowest BCUT2D eigenvalue weighted by atomic mass is 9.94. The van der Waals surface area contributed by atoms with Crippen LogP contribution in [0.2, 0.25) is 5.02 Å². The van der Waals surface area contributed by atoms with Gasteiger partial charge in [0, 0.05) is 37.5 Å². The van der Waals surface area contributed by atoms with Crippen molar-refractivity contribution in [3.05, 3.63) is 34.3 Å². The molecule has 1 amide bonds. The van der Waals surface area contributed by atoms with Crippen LogP contribution in [-0.4, -0.2) is 32.1 Å². The van der Waals surface area contributed by atoms with Crippen molar-refractivity contribution in [1.82, 2.24) is 10.6 Å². The van der Waals surface area contributed by atoms with Gasteiger partial charge in [-0.05, 0) is 24.1 Å². The number of carbonyl (C=O) groups is 1. The van der Waals surface area contributed by atoms with E-state index in [1.165, 1.54) is 6.92 Å². The van der Waals surface area contributed by atoms with Gasteiger partial charge in [-0.1, -0.05) is 23.7 Å². The molecule has 0 unspecified atom stereocenters. The molecule has 0 saturated carbocycles. The number of nitrogens with one attached hydrogen (secondary N) is 2. The third-order valence-corrected chi connectivity index (χ3v) is 3.96. The number of hydrogen-bond acceptors (Lipinski definition) is 3. The Hall–Kier alpha value is -0.810. The third kappa shape index (κ3) is 5.15. The van der Waals surface area contributed by atoms with Crippen molar-refractivity contribution >= 4 is 29.9 Å². The minimum atomic E-state index is -0.0463. The van der Waals surface area contributed by atoms with E-state index in [0.29, 0.717) is 13.2 Å². The summed E-state index contributed by atoms with van der Waals surface area (Å²) < 4.78 is 5.96. The summed E-state index contributed by atoms with van der Waals surface area (Å²) >= 11 is 6.21. The van der Waals surface area contributed by atoms with Crippen LogP contribution in [0.15, 0.2) is 18.2 Å². The van der Waals surface area contributed by atoms with E-state index < -0.39 is 0 Å². The quantitative estimate of drug-likeness (QED) is 0.894. The second kappa shape index (κ2) is 8.59. The van der Waals surface area contributed by atoms with E-state index in [4.69, 9.17) is 16.3 Å². The summed E-state index contributed by atoms with van der Waals surface area (Å²) in [4.78, 5) is 11.1. The second-order valence-electron chi connectivity index (χ2n) is 5.20. The zero-order valence-corrected chi connectivity index (χ0v) is 13.9. The minimum Gasteiger partial charge on any atom is -0.372 e. The molecule has 1 aromatic rings. The highest BCUT2D eigenvalue weighted by atomic mass is 35.5. The van der Waals surface area contributed by atoms with Crippen molar-refractivity contribution in [2.45, 2.75) is 20.0 Å². The average molecular weight is 333 g/mol. The molecule has 2 N–H and O–H groups in total. The van der Waals surface area contributed by atoms with Gasteiger partial charge in [0.2, 0.25) is 5.91 Å². The standard InChI is InChI=1S/C15H21ClN2O2.ClH/c1-10-3-4-12(7-14(10)16)15-13(9-18-11(2)19)8-17-5-6-20-15;/h3-4,7,13,15,17H,5-6,8-9H2,1-2H3,(H,18,19);1H/t13-,15-;/m0./s1. The van der Waals surface area contributed by atoms with Crippen molar-refractivity contribution in [3.63, 3.8) is 0 Å². The summed E-state index contributed by atoms with van der Waals surface area (Å²) in [5.41, 5.74) is 2.13. The summed E-state index contributed by atoms with van der Waals surface area (Å²) in [5, 5.41) is 6.97. The van der Waals surface area contributed by atoms with E-state index in [-0.39, 0.29) is 30.3 Å². The molecule has 1 heterocycles. The van der Waals surface area contributed by atoms with Gasteiger partial charge in [0.15, 0.2) is 0 Å². The molecule has 118 valence electrons. The lowest BCUT2D eigenvalue weighted by Crippen LogP contribution is -2.35. The molecule has 1 aliphatic rings. The Bertz CT molecular complexity index is 483. The van der Waals surface area contributed by atoms with E-state index in [1.807, 2.05) is 19.1 Å². The summed E-state index contributed by atoms with van der Waals surface area (Å²) in [5.74, 6) is 0.176. The predicted molar refractivity (Wildman–Crippen MR) is 87.2 cm³/mol. The Morgan fingerprint density at radius 2 is 2.29 bits per heavy atom. The third-order valence-electron chi connectivity index (χ3n) is 3.55. The molecule has 1 aliphatic heterocycles. The van der Waals surface area contributed by atoms with Crippen LogP contribution in [0.1, 0.15) is 24.2 Å². The zero-order valence-electron chi connectivity index (χ0n) is 12.3. The lowest BCUT2D eigenvalue weighted by Gasteiger charge is -2.25. The number of amides is 1. The van der Waals surface area contributed by atoms with Crippen molar-refractivity contribution in [2.24, 2.45) is 5.92 Å². The van der Waals surface area contributed by atoms with Crippen molar-refractivity contribution in [1.29, 1.82) is 0 Å². The SMILES string of the molecule is CC(=O)NC[C@@H]1CNCCO[C@H]1c1ccc(C)c(Cl)c1.Cl. The topological polar surface area (TPSA) is 50.4 Å². The first-order chi connectivity index (χ1) is 9.58. The highest BCUT2D eigenvalue weighted by Gasteiger charge is 2.26. The van der Waals surface area contributed by atoms with Crippen LogP contribution in [0, 0.1) is 12.8 Å². The van der Waals surface area contributed by atoms with Crippen LogP contribution < -0.4 is 10.6 Å². The fourth-order valence-corrected chi connectivity index (χ4v) is 2.59. The normalized spacial score (nSPS) is 22.0. The van der Waals surface area contributed by atoms with E-state index in [9.17, 15) is 4.79 Å². The van der Waals surface area contributed by atoms with Gasteiger partial charge < -0.3 is 15.4 Å². The van der Waals surface area contributed by atoms with Gasteiger partial charge in [-0.15, -0.1) is 12.4 Å². The maximum Gasteiger partial charge on any atom is 0.216 e. The molecular formula is C15H22Cl2N2O2. The Morgan fingerprint density at radius 1 is 1.52 bits per heavy atom. The Balaban J connectivity index is 0.00000220. The zero-order chi connectivity index (χ0) is 14.5. The summed E-state index contributed by atoms with van der Waals surface area (Å²) in [6.07, 6.45) is -0.0463. The first-order valence-corrected chi connectivity index (χ1v) is 7.28. The number of ether oxygens (including phenoxy) is 1. The van der Waals surface area contributed by atoms with Gasteiger partial charge in [0.05, 0.1) is 12.7 Å². The van der Waals surface area contributed by atoms with Crippen LogP contribution in [0.25, 0.3) is 0 Å². The number of hydrogen-bond donors (Lipinski definition) is 2. The molecule has 21 heavy (non-hydrogen) atoms. The number of aryl methyl sites for hydroxylation is 1. The number of carbonyl (C=O) groups excluding carboxylic acids is 1. The molecule has 1 fully saturated rings. The van der Waals surface area contributed by atoms with Crippen LogP contribution >= 0.6 is 24.0 Å². The molecule has 0 radical (unpaired) electrons. The van der Waals surface area contributed by atoms with Crippen LogP contribution in [0.5, 0.6) is 0 Å². The summed E-state index contributed by atoms with van der Waals surface area (Å²) in [6.45, 7) is 6.41. The van der Waals surface area contributed by atoms with Crippen LogP contribution in [0.4, 0.5) is 0 Å².